The van der Waals surface area contributed by atoms with Gasteiger partial charge in [0.25, 0.3) is 5.56 Å². The first kappa shape index (κ1) is 16.6. The number of hydrogen-bond donors (Lipinski definition) is 0. The number of fused-ring (bicyclic) bond motifs is 1. The Kier molecular flexibility index (Phi) is 4.94. The molecule has 1 atom stereocenters. The highest BCUT2D eigenvalue weighted by Gasteiger charge is 2.28. The smallest absolute Gasteiger partial charge is 0.323 e. The lowest BCUT2D eigenvalue weighted by Crippen LogP contribution is -2.45. The van der Waals surface area contributed by atoms with Gasteiger partial charge in [0.1, 0.15) is 18.3 Å². The third-order valence-corrected chi connectivity index (χ3v) is 4.59. The van der Waals surface area contributed by atoms with E-state index in [0.717, 1.165) is 38.0 Å². The number of esters is 1. The number of carbonyl (C=O) groups excluding carboxylic acids is 1. The summed E-state index contributed by atoms with van der Waals surface area (Å²) in [4.78, 5) is 31.2. The van der Waals surface area contributed by atoms with Gasteiger partial charge in [-0.05, 0) is 45.0 Å². The van der Waals surface area contributed by atoms with Crippen molar-refractivity contribution in [1.82, 2.24) is 14.3 Å². The zero-order valence-corrected chi connectivity index (χ0v) is 14.2. The van der Waals surface area contributed by atoms with Crippen LogP contribution in [0.4, 0.5) is 0 Å². The summed E-state index contributed by atoms with van der Waals surface area (Å²) in [5.74, 6) is -0.220. The Labute approximate surface area is 141 Å². The third-order valence-electron chi connectivity index (χ3n) is 4.59. The monoisotopic (exact) mass is 329 g/mol. The SMILES string of the molecule is CCN1CCCCC1C(=O)OCc1cc(=O)n2c(C)cccc2n1. The lowest BCUT2D eigenvalue weighted by Gasteiger charge is -2.32. The Hall–Kier alpha value is -2.21. The number of rotatable bonds is 4. The first-order valence-electron chi connectivity index (χ1n) is 8.49. The van der Waals surface area contributed by atoms with Crippen LogP contribution in [-0.4, -0.2) is 39.4 Å². The van der Waals surface area contributed by atoms with Gasteiger partial charge in [-0.25, -0.2) is 4.98 Å². The van der Waals surface area contributed by atoms with Crippen LogP contribution in [0.25, 0.3) is 5.65 Å². The topological polar surface area (TPSA) is 63.9 Å². The molecular formula is C18H23N3O3. The van der Waals surface area contributed by atoms with Crippen molar-refractivity contribution in [1.29, 1.82) is 0 Å². The number of aromatic nitrogens is 2. The number of hydrogen-bond acceptors (Lipinski definition) is 5. The highest BCUT2D eigenvalue weighted by molar-refractivity contribution is 5.75. The Morgan fingerprint density at radius 1 is 1.38 bits per heavy atom. The largest absolute Gasteiger partial charge is 0.458 e. The van der Waals surface area contributed by atoms with Crippen molar-refractivity contribution in [2.75, 3.05) is 13.1 Å². The minimum atomic E-state index is -0.220. The molecule has 2 aromatic heterocycles. The lowest BCUT2D eigenvalue weighted by atomic mass is 10.0. The van der Waals surface area contributed by atoms with Crippen LogP contribution in [0.3, 0.4) is 0 Å². The van der Waals surface area contributed by atoms with Gasteiger partial charge < -0.3 is 4.74 Å². The predicted octanol–water partition coefficient (Wildman–Crippen LogP) is 1.92. The molecule has 1 aliphatic rings. The van der Waals surface area contributed by atoms with Crippen LogP contribution in [0, 0.1) is 6.92 Å². The standard InChI is InChI=1S/C18H23N3O3/c1-3-20-10-5-4-8-15(20)18(23)24-12-14-11-17(22)21-13(2)7-6-9-16(21)19-14/h6-7,9,11,15H,3-5,8,10,12H2,1-2H3. The predicted molar refractivity (Wildman–Crippen MR) is 90.9 cm³/mol. The average molecular weight is 329 g/mol. The van der Waals surface area contributed by atoms with Gasteiger partial charge in [0.2, 0.25) is 0 Å². The molecule has 1 aliphatic heterocycles. The Bertz CT molecular complexity index is 800. The number of carbonyl (C=O) groups is 1. The summed E-state index contributed by atoms with van der Waals surface area (Å²) in [6, 6.07) is 6.75. The molecule has 0 spiro atoms. The molecule has 128 valence electrons. The van der Waals surface area contributed by atoms with E-state index >= 15 is 0 Å². The summed E-state index contributed by atoms with van der Waals surface area (Å²) >= 11 is 0. The highest BCUT2D eigenvalue weighted by Crippen LogP contribution is 2.18. The molecule has 6 heteroatoms. The lowest BCUT2D eigenvalue weighted by molar-refractivity contribution is -0.152. The van der Waals surface area contributed by atoms with Crippen molar-refractivity contribution in [3.05, 3.63) is 46.0 Å². The molecule has 0 saturated carbocycles. The number of nitrogens with zero attached hydrogens (tertiary/aromatic N) is 3. The second-order valence-electron chi connectivity index (χ2n) is 6.19. The van der Waals surface area contributed by atoms with Crippen LogP contribution in [-0.2, 0) is 16.1 Å². The minimum Gasteiger partial charge on any atom is -0.458 e. The Morgan fingerprint density at radius 2 is 2.21 bits per heavy atom. The fraction of sp³-hybridized carbons (Fsp3) is 0.500. The summed E-state index contributed by atoms with van der Waals surface area (Å²) in [6.07, 6.45) is 3.00. The zero-order valence-electron chi connectivity index (χ0n) is 14.2. The van der Waals surface area contributed by atoms with Crippen molar-refractivity contribution in [2.45, 2.75) is 45.8 Å². The molecule has 1 saturated heterocycles. The van der Waals surface area contributed by atoms with Crippen LogP contribution < -0.4 is 5.56 Å². The normalized spacial score (nSPS) is 18.7. The first-order valence-corrected chi connectivity index (χ1v) is 8.49. The van der Waals surface area contributed by atoms with E-state index in [9.17, 15) is 9.59 Å². The van der Waals surface area contributed by atoms with Gasteiger partial charge in [-0.2, -0.15) is 0 Å². The van der Waals surface area contributed by atoms with E-state index in [-0.39, 0.29) is 24.2 Å². The number of likely N-dealkylation sites (N-methyl/N-ethyl adjacent to an activating group) is 1. The summed E-state index contributed by atoms with van der Waals surface area (Å²) in [5.41, 5.74) is 1.73. The Morgan fingerprint density at radius 3 is 3.00 bits per heavy atom. The third kappa shape index (κ3) is 3.33. The number of aryl methyl sites for hydroxylation is 1. The fourth-order valence-corrected chi connectivity index (χ4v) is 3.32. The molecule has 0 aromatic carbocycles. The first-order chi connectivity index (χ1) is 11.6. The maximum Gasteiger partial charge on any atom is 0.323 e. The summed E-state index contributed by atoms with van der Waals surface area (Å²) in [7, 11) is 0. The van der Waals surface area contributed by atoms with Crippen molar-refractivity contribution < 1.29 is 9.53 Å². The molecule has 1 unspecified atom stereocenters. The average Bonchev–Trinajstić information content (AvgIpc) is 2.59. The van der Waals surface area contributed by atoms with E-state index in [1.165, 1.54) is 6.07 Å². The molecule has 24 heavy (non-hydrogen) atoms. The van der Waals surface area contributed by atoms with E-state index < -0.39 is 0 Å². The molecule has 0 N–H and O–H groups in total. The molecule has 0 aliphatic carbocycles. The fourth-order valence-electron chi connectivity index (χ4n) is 3.32. The van der Waals surface area contributed by atoms with Crippen LogP contribution in [0.5, 0.6) is 0 Å². The summed E-state index contributed by atoms with van der Waals surface area (Å²) in [5, 5.41) is 0. The van der Waals surface area contributed by atoms with Crippen molar-refractivity contribution in [3.8, 4) is 0 Å². The number of piperidine rings is 1. The second-order valence-corrected chi connectivity index (χ2v) is 6.19. The van der Waals surface area contributed by atoms with Crippen molar-refractivity contribution in [3.63, 3.8) is 0 Å². The molecule has 1 fully saturated rings. The molecule has 2 aromatic rings. The van der Waals surface area contributed by atoms with Crippen molar-refractivity contribution >= 4 is 11.6 Å². The van der Waals surface area contributed by atoms with Gasteiger partial charge in [0.05, 0.1) is 5.69 Å². The molecule has 0 bridgehead atoms. The van der Waals surface area contributed by atoms with Gasteiger partial charge >= 0.3 is 5.97 Å². The van der Waals surface area contributed by atoms with Gasteiger partial charge in [-0.15, -0.1) is 0 Å². The highest BCUT2D eigenvalue weighted by atomic mass is 16.5. The van der Waals surface area contributed by atoms with E-state index in [4.69, 9.17) is 4.74 Å². The van der Waals surface area contributed by atoms with Crippen LogP contribution in [0.2, 0.25) is 0 Å². The van der Waals surface area contributed by atoms with Gasteiger partial charge in [0.15, 0.2) is 0 Å². The van der Waals surface area contributed by atoms with Crippen molar-refractivity contribution in [2.24, 2.45) is 0 Å². The Balaban J connectivity index is 1.73. The van der Waals surface area contributed by atoms with Gasteiger partial charge in [-0.3, -0.25) is 18.9 Å². The van der Waals surface area contributed by atoms with Crippen LogP contribution in [0.1, 0.15) is 37.6 Å². The number of pyridine rings is 1. The molecular weight excluding hydrogens is 306 g/mol. The summed E-state index contributed by atoms with van der Waals surface area (Å²) < 4.78 is 6.99. The van der Waals surface area contributed by atoms with E-state index in [1.807, 2.05) is 19.1 Å². The van der Waals surface area contributed by atoms with Crippen LogP contribution in [0.15, 0.2) is 29.1 Å². The summed E-state index contributed by atoms with van der Waals surface area (Å²) in [6.45, 7) is 5.73. The maximum atomic E-state index is 12.4. The van der Waals surface area contributed by atoms with E-state index in [0.29, 0.717) is 11.3 Å². The number of ether oxygens (including phenoxy) is 1. The molecule has 3 rings (SSSR count). The second kappa shape index (κ2) is 7.13. The quantitative estimate of drug-likeness (QED) is 0.802. The molecule has 0 radical (unpaired) electrons. The molecule has 3 heterocycles. The van der Waals surface area contributed by atoms with Crippen LogP contribution >= 0.6 is 0 Å². The maximum absolute atomic E-state index is 12.4. The minimum absolute atomic E-state index is 0.0343. The van der Waals surface area contributed by atoms with Gasteiger partial charge in [-0.1, -0.05) is 19.4 Å². The molecule has 6 nitrogen and oxygen atoms in total. The van der Waals surface area contributed by atoms with E-state index in [1.54, 1.807) is 10.5 Å². The van der Waals surface area contributed by atoms with Gasteiger partial charge in [0, 0.05) is 11.8 Å². The number of likely N-dealkylation sites (tertiary alicyclic amines) is 1. The molecule has 0 amide bonds. The van der Waals surface area contributed by atoms with E-state index in [2.05, 4.69) is 16.8 Å². The zero-order chi connectivity index (χ0) is 17.1.